The van der Waals surface area contributed by atoms with Gasteiger partial charge in [0.05, 0.1) is 13.2 Å². The number of rotatable bonds is 2. The predicted octanol–water partition coefficient (Wildman–Crippen LogP) is 0.370. The highest BCUT2D eigenvalue weighted by molar-refractivity contribution is 4.75. The van der Waals surface area contributed by atoms with Gasteiger partial charge in [-0.1, -0.05) is 6.92 Å². The minimum Gasteiger partial charge on any atom is -0.381 e. The van der Waals surface area contributed by atoms with Crippen molar-refractivity contribution in [3.63, 3.8) is 0 Å². The summed E-state index contributed by atoms with van der Waals surface area (Å²) in [6.07, 6.45) is 1.08. The van der Waals surface area contributed by atoms with Crippen LogP contribution in [0.5, 0.6) is 0 Å². The zero-order valence-electron chi connectivity index (χ0n) is 5.26. The molecule has 0 aromatic carbocycles. The van der Waals surface area contributed by atoms with Crippen LogP contribution >= 0.6 is 0 Å². The molecule has 1 aliphatic heterocycles. The average molecular weight is 115 g/mol. The van der Waals surface area contributed by atoms with Crippen LogP contribution in [-0.4, -0.2) is 19.3 Å². The maximum Gasteiger partial charge on any atom is 0.0531 e. The molecule has 0 saturated carbocycles. The van der Waals surface area contributed by atoms with E-state index in [9.17, 15) is 0 Å². The number of hydrogen-bond donors (Lipinski definition) is 1. The van der Waals surface area contributed by atoms with Crippen LogP contribution in [0.1, 0.15) is 13.3 Å². The molecule has 48 valence electrons. The van der Waals surface area contributed by atoms with E-state index in [0.29, 0.717) is 12.0 Å². The van der Waals surface area contributed by atoms with Crippen LogP contribution in [0.2, 0.25) is 0 Å². The van der Waals surface area contributed by atoms with E-state index in [1.165, 1.54) is 0 Å². The average Bonchev–Trinajstić information content (AvgIpc) is 1.62. The smallest absolute Gasteiger partial charge is 0.0531 e. The molecule has 2 nitrogen and oxygen atoms in total. The Kier molecular flexibility index (Phi) is 1.86. The number of ether oxygens (including phenoxy) is 1. The Hall–Kier alpha value is -0.0800. The second-order valence-corrected chi connectivity index (χ2v) is 2.37. The Morgan fingerprint density at radius 2 is 2.38 bits per heavy atom. The van der Waals surface area contributed by atoms with Gasteiger partial charge in [-0.05, 0) is 6.42 Å². The van der Waals surface area contributed by atoms with Crippen LogP contribution in [0.4, 0.5) is 0 Å². The lowest BCUT2D eigenvalue weighted by Crippen LogP contribution is -2.42. The van der Waals surface area contributed by atoms with Gasteiger partial charge in [-0.25, -0.2) is 0 Å². The molecule has 0 aliphatic carbocycles. The molecule has 2 heteroatoms. The molecule has 8 heavy (non-hydrogen) atoms. The van der Waals surface area contributed by atoms with Gasteiger partial charge in [-0.3, -0.25) is 0 Å². The van der Waals surface area contributed by atoms with E-state index in [4.69, 9.17) is 10.5 Å². The largest absolute Gasteiger partial charge is 0.381 e. The van der Waals surface area contributed by atoms with Crippen molar-refractivity contribution in [3.05, 3.63) is 0 Å². The summed E-state index contributed by atoms with van der Waals surface area (Å²) >= 11 is 0. The highest BCUT2D eigenvalue weighted by atomic mass is 16.5. The van der Waals surface area contributed by atoms with Crippen molar-refractivity contribution >= 4 is 0 Å². The summed E-state index contributed by atoms with van der Waals surface area (Å²) < 4.78 is 4.98. The minimum atomic E-state index is 0.378. The first-order chi connectivity index (χ1) is 3.84. The Morgan fingerprint density at radius 1 is 1.75 bits per heavy atom. The Morgan fingerprint density at radius 3 is 2.50 bits per heavy atom. The van der Waals surface area contributed by atoms with Gasteiger partial charge in [0.2, 0.25) is 0 Å². The van der Waals surface area contributed by atoms with Crippen LogP contribution in [0.15, 0.2) is 0 Å². The fraction of sp³-hybridized carbons (Fsp3) is 1.00. The summed E-state index contributed by atoms with van der Waals surface area (Å²) in [6.45, 7) is 3.88. The maximum absolute atomic E-state index is 5.70. The third kappa shape index (κ3) is 1.01. The first-order valence-corrected chi connectivity index (χ1v) is 3.18. The molecule has 0 bridgehead atoms. The molecule has 2 N–H and O–H groups in total. The van der Waals surface area contributed by atoms with Crippen molar-refractivity contribution in [3.8, 4) is 0 Å². The first-order valence-electron chi connectivity index (χ1n) is 3.18. The SMILES string of the molecule is CCC(N)C1COC1. The molecule has 1 fully saturated rings. The van der Waals surface area contributed by atoms with Gasteiger partial charge in [0.1, 0.15) is 0 Å². The summed E-state index contributed by atoms with van der Waals surface area (Å²) in [5.74, 6) is 0.653. The predicted molar refractivity (Wildman–Crippen MR) is 32.6 cm³/mol. The first kappa shape index (κ1) is 6.05. The third-order valence-corrected chi connectivity index (χ3v) is 1.74. The summed E-state index contributed by atoms with van der Waals surface area (Å²) in [5, 5.41) is 0. The molecule has 1 saturated heterocycles. The van der Waals surface area contributed by atoms with Crippen molar-refractivity contribution in [2.24, 2.45) is 11.7 Å². The van der Waals surface area contributed by atoms with Crippen molar-refractivity contribution in [1.82, 2.24) is 0 Å². The Balaban J connectivity index is 2.13. The second-order valence-electron chi connectivity index (χ2n) is 2.37. The molecule has 0 spiro atoms. The highest BCUT2D eigenvalue weighted by Gasteiger charge is 2.23. The summed E-state index contributed by atoms with van der Waals surface area (Å²) in [4.78, 5) is 0. The lowest BCUT2D eigenvalue weighted by molar-refractivity contribution is -0.0439. The molecule has 0 amide bonds. The van der Waals surface area contributed by atoms with Gasteiger partial charge in [0.15, 0.2) is 0 Å². The zero-order valence-corrected chi connectivity index (χ0v) is 5.26. The standard InChI is InChI=1S/C6H13NO/c1-2-6(7)5-3-8-4-5/h5-6H,2-4,7H2,1H3. The van der Waals surface area contributed by atoms with Crippen molar-refractivity contribution < 1.29 is 4.74 Å². The summed E-state index contributed by atoms with van der Waals surface area (Å²) in [5.41, 5.74) is 5.70. The monoisotopic (exact) mass is 115 g/mol. The molecular formula is C6H13NO. The van der Waals surface area contributed by atoms with Gasteiger partial charge < -0.3 is 10.5 Å². The van der Waals surface area contributed by atoms with E-state index < -0.39 is 0 Å². The molecule has 1 rings (SSSR count). The van der Waals surface area contributed by atoms with E-state index in [2.05, 4.69) is 6.92 Å². The van der Waals surface area contributed by atoms with E-state index in [1.807, 2.05) is 0 Å². The van der Waals surface area contributed by atoms with E-state index >= 15 is 0 Å². The zero-order chi connectivity index (χ0) is 5.98. The van der Waals surface area contributed by atoms with E-state index in [0.717, 1.165) is 19.6 Å². The molecule has 1 heterocycles. The molecule has 1 atom stereocenters. The lowest BCUT2D eigenvalue weighted by Gasteiger charge is -2.30. The Bertz CT molecular complexity index is 68.2. The number of nitrogens with two attached hydrogens (primary N) is 1. The fourth-order valence-corrected chi connectivity index (χ4v) is 0.834. The summed E-state index contributed by atoms with van der Waals surface area (Å²) in [6, 6.07) is 0.378. The quantitative estimate of drug-likeness (QED) is 0.564. The Labute approximate surface area is 50.0 Å². The molecule has 0 radical (unpaired) electrons. The van der Waals surface area contributed by atoms with Crippen LogP contribution < -0.4 is 5.73 Å². The molecule has 0 aromatic rings. The maximum atomic E-state index is 5.70. The topological polar surface area (TPSA) is 35.2 Å². The van der Waals surface area contributed by atoms with Gasteiger partial charge in [-0.15, -0.1) is 0 Å². The van der Waals surface area contributed by atoms with Crippen LogP contribution in [0.3, 0.4) is 0 Å². The van der Waals surface area contributed by atoms with Gasteiger partial charge in [0.25, 0.3) is 0 Å². The highest BCUT2D eigenvalue weighted by Crippen LogP contribution is 2.14. The van der Waals surface area contributed by atoms with Crippen LogP contribution in [0, 0.1) is 5.92 Å². The van der Waals surface area contributed by atoms with E-state index in [1.54, 1.807) is 0 Å². The molecule has 1 unspecified atom stereocenters. The number of hydrogen-bond acceptors (Lipinski definition) is 2. The van der Waals surface area contributed by atoms with Gasteiger partial charge >= 0.3 is 0 Å². The van der Waals surface area contributed by atoms with Crippen molar-refractivity contribution in [2.75, 3.05) is 13.2 Å². The van der Waals surface area contributed by atoms with Crippen LogP contribution in [0.25, 0.3) is 0 Å². The second kappa shape index (κ2) is 2.46. The van der Waals surface area contributed by atoms with Crippen LogP contribution in [-0.2, 0) is 4.74 Å². The minimum absolute atomic E-state index is 0.378. The molecule has 0 aromatic heterocycles. The van der Waals surface area contributed by atoms with Crippen molar-refractivity contribution in [1.29, 1.82) is 0 Å². The third-order valence-electron chi connectivity index (χ3n) is 1.74. The van der Waals surface area contributed by atoms with E-state index in [-0.39, 0.29) is 0 Å². The van der Waals surface area contributed by atoms with Gasteiger partial charge in [0, 0.05) is 12.0 Å². The van der Waals surface area contributed by atoms with Gasteiger partial charge in [-0.2, -0.15) is 0 Å². The lowest BCUT2D eigenvalue weighted by atomic mass is 9.97. The van der Waals surface area contributed by atoms with Crippen molar-refractivity contribution in [2.45, 2.75) is 19.4 Å². The molecular weight excluding hydrogens is 102 g/mol. The fourth-order valence-electron chi connectivity index (χ4n) is 0.834. The summed E-state index contributed by atoms with van der Waals surface area (Å²) in [7, 11) is 0. The molecule has 1 aliphatic rings. The normalized spacial score (nSPS) is 24.8.